The van der Waals surface area contributed by atoms with Gasteiger partial charge in [0.1, 0.15) is 10.1 Å². The predicted octanol–water partition coefficient (Wildman–Crippen LogP) is 4.63. The van der Waals surface area contributed by atoms with Crippen molar-refractivity contribution in [1.82, 2.24) is 4.90 Å². The van der Waals surface area contributed by atoms with E-state index >= 15 is 0 Å². The first-order chi connectivity index (χ1) is 10.6. The van der Waals surface area contributed by atoms with Gasteiger partial charge in [-0.25, -0.2) is 0 Å². The molecule has 0 N–H and O–H groups in total. The number of amides is 1. The highest BCUT2D eigenvalue weighted by atomic mass is 79.9. The van der Waals surface area contributed by atoms with E-state index in [4.69, 9.17) is 17.0 Å². The molecule has 1 aliphatic heterocycles. The Hall–Kier alpha value is -1.11. The topological polar surface area (TPSA) is 29.5 Å². The molecule has 0 saturated carbocycles. The van der Waals surface area contributed by atoms with Gasteiger partial charge in [-0.1, -0.05) is 43.0 Å². The van der Waals surface area contributed by atoms with Crippen LogP contribution in [-0.2, 0) is 4.79 Å². The van der Waals surface area contributed by atoms with E-state index in [0.717, 1.165) is 22.2 Å². The number of hydrogen-bond acceptors (Lipinski definition) is 4. The van der Waals surface area contributed by atoms with Crippen molar-refractivity contribution in [3.05, 3.63) is 45.8 Å². The number of carbonyl (C=O) groups is 1. The number of carbonyl (C=O) groups excluding carboxylic acids is 1. The molecule has 0 aliphatic carbocycles. The van der Waals surface area contributed by atoms with Crippen LogP contribution < -0.4 is 4.74 Å². The second-order valence-electron chi connectivity index (χ2n) is 4.62. The molecule has 0 bridgehead atoms. The molecule has 0 atom stereocenters. The van der Waals surface area contributed by atoms with Crippen LogP contribution in [0.15, 0.2) is 40.2 Å². The van der Waals surface area contributed by atoms with Crippen molar-refractivity contribution in [2.24, 2.45) is 0 Å². The Balaban J connectivity index is 2.19. The smallest absolute Gasteiger partial charge is 0.266 e. The van der Waals surface area contributed by atoms with Gasteiger partial charge in [-0.15, -0.1) is 6.58 Å². The van der Waals surface area contributed by atoms with Gasteiger partial charge in [0.2, 0.25) is 0 Å². The van der Waals surface area contributed by atoms with Crippen LogP contribution in [0.2, 0.25) is 0 Å². The molecule has 0 unspecified atom stereocenters. The number of nitrogens with zero attached hydrogens (tertiary/aromatic N) is 1. The molecule has 6 heteroatoms. The van der Waals surface area contributed by atoms with E-state index in [1.165, 1.54) is 11.8 Å². The molecule has 0 aromatic heterocycles. The molecule has 1 aliphatic rings. The van der Waals surface area contributed by atoms with Crippen molar-refractivity contribution in [3.8, 4) is 5.75 Å². The van der Waals surface area contributed by atoms with Gasteiger partial charge in [0.25, 0.3) is 5.91 Å². The molecule has 116 valence electrons. The van der Waals surface area contributed by atoms with E-state index in [1.54, 1.807) is 11.0 Å². The molecule has 1 saturated heterocycles. The van der Waals surface area contributed by atoms with Crippen molar-refractivity contribution in [2.45, 2.75) is 13.3 Å². The molecule has 1 aromatic carbocycles. The maximum atomic E-state index is 12.3. The minimum Gasteiger partial charge on any atom is -0.492 e. The van der Waals surface area contributed by atoms with Gasteiger partial charge in [-0.2, -0.15) is 0 Å². The van der Waals surface area contributed by atoms with Gasteiger partial charge in [0, 0.05) is 6.54 Å². The average molecular weight is 398 g/mol. The maximum absolute atomic E-state index is 12.3. The minimum absolute atomic E-state index is 0.0719. The van der Waals surface area contributed by atoms with Crippen LogP contribution in [0.5, 0.6) is 5.75 Å². The Morgan fingerprint density at radius 3 is 2.91 bits per heavy atom. The molecule has 1 aromatic rings. The van der Waals surface area contributed by atoms with E-state index in [0.29, 0.717) is 22.4 Å². The third-order valence-corrected chi connectivity index (χ3v) is 4.90. The third kappa shape index (κ3) is 4.00. The largest absolute Gasteiger partial charge is 0.492 e. The molecule has 0 radical (unpaired) electrons. The Morgan fingerprint density at radius 1 is 1.50 bits per heavy atom. The number of halogens is 1. The lowest BCUT2D eigenvalue weighted by Gasteiger charge is -2.10. The van der Waals surface area contributed by atoms with Gasteiger partial charge >= 0.3 is 0 Å². The minimum atomic E-state index is -0.0719. The van der Waals surface area contributed by atoms with Crippen LogP contribution in [0.3, 0.4) is 0 Å². The van der Waals surface area contributed by atoms with Crippen molar-refractivity contribution < 1.29 is 9.53 Å². The molecule has 3 nitrogen and oxygen atoms in total. The van der Waals surface area contributed by atoms with E-state index < -0.39 is 0 Å². The number of thioether (sulfide) groups is 1. The third-order valence-electron chi connectivity index (χ3n) is 2.90. The van der Waals surface area contributed by atoms with Crippen LogP contribution in [0.4, 0.5) is 0 Å². The normalized spacial score (nSPS) is 16.5. The number of benzene rings is 1. The number of hydrogen-bond donors (Lipinski definition) is 0. The lowest BCUT2D eigenvalue weighted by molar-refractivity contribution is -0.121. The summed E-state index contributed by atoms with van der Waals surface area (Å²) in [5.41, 5.74) is 0.926. The molecule has 1 fully saturated rings. The molecule has 1 heterocycles. The summed E-state index contributed by atoms with van der Waals surface area (Å²) in [7, 11) is 0. The predicted molar refractivity (Wildman–Crippen MR) is 100 cm³/mol. The standard InChI is InChI=1S/C16H16BrNO2S2/c1-3-7-18-15(19)14(22-16(18)21)10-11-5-6-13(12(17)9-11)20-8-4-2/h3,5-6,9-10H,1,4,7-8H2,2H3/b14-10+. The summed E-state index contributed by atoms with van der Waals surface area (Å²) >= 11 is 10.0. The number of rotatable bonds is 6. The van der Waals surface area contributed by atoms with Crippen LogP contribution in [-0.4, -0.2) is 28.3 Å². The number of thiocarbonyl (C=S) groups is 1. The monoisotopic (exact) mass is 397 g/mol. The quantitative estimate of drug-likeness (QED) is 0.397. The fraction of sp³-hybridized carbons (Fsp3) is 0.250. The van der Waals surface area contributed by atoms with Gasteiger partial charge < -0.3 is 4.74 Å². The van der Waals surface area contributed by atoms with E-state index in [2.05, 4.69) is 29.4 Å². The Labute approximate surface area is 148 Å². The molecule has 0 spiro atoms. The van der Waals surface area contributed by atoms with Crippen LogP contribution in [0.1, 0.15) is 18.9 Å². The zero-order valence-electron chi connectivity index (χ0n) is 12.2. The Bertz CT molecular complexity index is 643. The molecule has 2 rings (SSSR count). The fourth-order valence-electron chi connectivity index (χ4n) is 1.87. The molecule has 1 amide bonds. The molecular weight excluding hydrogens is 382 g/mol. The first kappa shape index (κ1) is 17.2. The van der Waals surface area contributed by atoms with Gasteiger partial charge in [-0.05, 0) is 46.1 Å². The summed E-state index contributed by atoms with van der Waals surface area (Å²) in [5.74, 6) is 0.732. The SMILES string of the molecule is C=CCN1C(=O)/C(=C\c2ccc(OCCC)c(Br)c2)SC1=S. The first-order valence-corrected chi connectivity index (χ1v) is 8.87. The van der Waals surface area contributed by atoms with Crippen LogP contribution in [0, 0.1) is 0 Å². The van der Waals surface area contributed by atoms with E-state index in [1.807, 2.05) is 24.3 Å². The van der Waals surface area contributed by atoms with Gasteiger partial charge in [0.15, 0.2) is 0 Å². The maximum Gasteiger partial charge on any atom is 0.266 e. The summed E-state index contributed by atoms with van der Waals surface area (Å²) in [6.07, 6.45) is 4.47. The zero-order chi connectivity index (χ0) is 16.1. The Morgan fingerprint density at radius 2 is 2.27 bits per heavy atom. The number of ether oxygens (including phenoxy) is 1. The lowest BCUT2D eigenvalue weighted by atomic mass is 10.2. The fourth-order valence-corrected chi connectivity index (χ4v) is 3.66. The lowest BCUT2D eigenvalue weighted by Crippen LogP contribution is -2.27. The highest BCUT2D eigenvalue weighted by Crippen LogP contribution is 2.34. The van der Waals surface area contributed by atoms with Crippen molar-refractivity contribution in [3.63, 3.8) is 0 Å². The second kappa shape index (κ2) is 7.94. The second-order valence-corrected chi connectivity index (χ2v) is 7.15. The van der Waals surface area contributed by atoms with Gasteiger partial charge in [0.05, 0.1) is 16.0 Å². The van der Waals surface area contributed by atoms with Crippen LogP contribution >= 0.6 is 39.9 Å². The molecular formula is C16H16BrNO2S2. The summed E-state index contributed by atoms with van der Waals surface area (Å²) in [6.45, 7) is 6.83. The van der Waals surface area contributed by atoms with Crippen molar-refractivity contribution in [2.75, 3.05) is 13.2 Å². The molecule has 22 heavy (non-hydrogen) atoms. The zero-order valence-corrected chi connectivity index (χ0v) is 15.4. The van der Waals surface area contributed by atoms with Gasteiger partial charge in [-0.3, -0.25) is 9.69 Å². The highest BCUT2D eigenvalue weighted by Gasteiger charge is 2.30. The summed E-state index contributed by atoms with van der Waals surface area (Å²) in [6, 6.07) is 5.76. The summed E-state index contributed by atoms with van der Waals surface area (Å²) in [4.78, 5) is 14.4. The first-order valence-electron chi connectivity index (χ1n) is 6.85. The van der Waals surface area contributed by atoms with E-state index in [9.17, 15) is 4.79 Å². The van der Waals surface area contributed by atoms with E-state index in [-0.39, 0.29) is 5.91 Å². The highest BCUT2D eigenvalue weighted by molar-refractivity contribution is 9.10. The average Bonchev–Trinajstić information content (AvgIpc) is 2.74. The van der Waals surface area contributed by atoms with Crippen molar-refractivity contribution in [1.29, 1.82) is 0 Å². The summed E-state index contributed by atoms with van der Waals surface area (Å²) in [5, 5.41) is 0. The summed E-state index contributed by atoms with van der Waals surface area (Å²) < 4.78 is 7.06. The van der Waals surface area contributed by atoms with Crippen LogP contribution in [0.25, 0.3) is 6.08 Å². The van der Waals surface area contributed by atoms with Crippen molar-refractivity contribution >= 4 is 56.2 Å². The Kier molecular flexibility index (Phi) is 6.23.